The zero-order valence-electron chi connectivity index (χ0n) is 10.9. The molecule has 3 heteroatoms. The van der Waals surface area contributed by atoms with Crippen LogP contribution in [0, 0.1) is 13.8 Å². The quantitative estimate of drug-likeness (QED) is 0.484. The first-order valence-corrected chi connectivity index (χ1v) is 6.10. The Morgan fingerprint density at radius 2 is 2.00 bits per heavy atom. The maximum atomic E-state index is 11.8. The van der Waals surface area contributed by atoms with Crippen molar-refractivity contribution in [3.8, 4) is 0 Å². The van der Waals surface area contributed by atoms with Gasteiger partial charge in [0.25, 0.3) is 0 Å². The Morgan fingerprint density at radius 3 is 2.65 bits per heavy atom. The van der Waals surface area contributed by atoms with Gasteiger partial charge in [-0.25, -0.2) is 4.79 Å². The summed E-state index contributed by atoms with van der Waals surface area (Å²) in [7, 11) is 0. The first-order chi connectivity index (χ1) is 8.07. The van der Waals surface area contributed by atoms with Crippen LogP contribution in [0.2, 0.25) is 0 Å². The summed E-state index contributed by atoms with van der Waals surface area (Å²) in [5, 5.41) is 0. The molecule has 3 nitrogen and oxygen atoms in total. The van der Waals surface area contributed by atoms with Gasteiger partial charge in [0.05, 0.1) is 12.2 Å². The number of nitrogen functional groups attached to an aromatic ring is 1. The van der Waals surface area contributed by atoms with Crippen molar-refractivity contribution in [2.45, 2.75) is 40.0 Å². The Kier molecular flexibility index (Phi) is 5.01. The van der Waals surface area contributed by atoms with Crippen molar-refractivity contribution >= 4 is 11.7 Å². The van der Waals surface area contributed by atoms with Crippen molar-refractivity contribution in [2.24, 2.45) is 0 Å². The number of benzene rings is 1. The van der Waals surface area contributed by atoms with Crippen LogP contribution < -0.4 is 5.73 Å². The molecule has 17 heavy (non-hydrogen) atoms. The molecule has 0 aliphatic carbocycles. The second-order valence-electron chi connectivity index (χ2n) is 4.31. The van der Waals surface area contributed by atoms with E-state index in [1.807, 2.05) is 19.9 Å². The lowest BCUT2D eigenvalue weighted by Gasteiger charge is -2.10. The number of nitrogens with two attached hydrogens (primary N) is 1. The van der Waals surface area contributed by atoms with Crippen molar-refractivity contribution in [3.63, 3.8) is 0 Å². The third-order valence-corrected chi connectivity index (χ3v) is 2.99. The molecule has 1 aromatic carbocycles. The minimum absolute atomic E-state index is 0.318. The van der Waals surface area contributed by atoms with Crippen LogP contribution in [-0.4, -0.2) is 12.6 Å². The first-order valence-electron chi connectivity index (χ1n) is 6.10. The Hall–Kier alpha value is -1.51. The van der Waals surface area contributed by atoms with Crippen molar-refractivity contribution < 1.29 is 9.53 Å². The fourth-order valence-corrected chi connectivity index (χ4v) is 1.61. The molecular formula is C14H21NO2. The van der Waals surface area contributed by atoms with Crippen LogP contribution in [-0.2, 0) is 4.74 Å². The SMILES string of the molecule is CCCCCOC(=O)c1ccc(C)c(C)c1N. The monoisotopic (exact) mass is 235 g/mol. The van der Waals surface area contributed by atoms with E-state index < -0.39 is 0 Å². The summed E-state index contributed by atoms with van der Waals surface area (Å²) in [5.74, 6) is -0.318. The second kappa shape index (κ2) is 6.28. The zero-order chi connectivity index (χ0) is 12.8. The lowest BCUT2D eigenvalue weighted by Crippen LogP contribution is -2.10. The molecule has 2 N–H and O–H groups in total. The van der Waals surface area contributed by atoms with Crippen LogP contribution in [0.1, 0.15) is 47.7 Å². The van der Waals surface area contributed by atoms with E-state index in [0.29, 0.717) is 17.9 Å². The molecule has 94 valence electrons. The molecule has 0 aromatic heterocycles. The van der Waals surface area contributed by atoms with Gasteiger partial charge in [-0.15, -0.1) is 0 Å². The predicted octanol–water partition coefficient (Wildman–Crippen LogP) is 3.23. The van der Waals surface area contributed by atoms with E-state index >= 15 is 0 Å². The average molecular weight is 235 g/mol. The normalized spacial score (nSPS) is 10.3. The summed E-state index contributed by atoms with van der Waals surface area (Å²) < 4.78 is 5.19. The van der Waals surface area contributed by atoms with E-state index in [1.54, 1.807) is 6.07 Å². The van der Waals surface area contributed by atoms with Gasteiger partial charge >= 0.3 is 5.97 Å². The highest BCUT2D eigenvalue weighted by atomic mass is 16.5. The number of esters is 1. The molecule has 0 fully saturated rings. The highest BCUT2D eigenvalue weighted by Crippen LogP contribution is 2.21. The Balaban J connectivity index is 2.66. The molecule has 0 saturated carbocycles. The molecule has 0 atom stereocenters. The van der Waals surface area contributed by atoms with Crippen molar-refractivity contribution in [1.82, 2.24) is 0 Å². The summed E-state index contributed by atoms with van der Waals surface area (Å²) in [6.07, 6.45) is 3.10. The molecule has 0 unspecified atom stereocenters. The van der Waals surface area contributed by atoms with E-state index in [9.17, 15) is 4.79 Å². The highest BCUT2D eigenvalue weighted by molar-refractivity contribution is 5.96. The summed E-state index contributed by atoms with van der Waals surface area (Å²) in [6.45, 7) is 6.47. The number of rotatable bonds is 5. The van der Waals surface area contributed by atoms with Gasteiger partial charge in [-0.1, -0.05) is 25.8 Å². The summed E-state index contributed by atoms with van der Waals surface area (Å²) in [4.78, 5) is 11.8. The second-order valence-corrected chi connectivity index (χ2v) is 4.31. The summed E-state index contributed by atoms with van der Waals surface area (Å²) in [5.41, 5.74) is 8.96. The van der Waals surface area contributed by atoms with Gasteiger partial charge < -0.3 is 10.5 Å². The number of anilines is 1. The number of carbonyl (C=O) groups excluding carboxylic acids is 1. The van der Waals surface area contributed by atoms with Gasteiger partial charge in [0, 0.05) is 5.69 Å². The largest absolute Gasteiger partial charge is 0.462 e. The lowest BCUT2D eigenvalue weighted by molar-refractivity contribution is 0.0499. The number of carbonyl (C=O) groups is 1. The first kappa shape index (κ1) is 13.6. The van der Waals surface area contributed by atoms with Crippen LogP contribution in [0.15, 0.2) is 12.1 Å². The van der Waals surface area contributed by atoms with Crippen molar-refractivity contribution in [1.29, 1.82) is 0 Å². The smallest absolute Gasteiger partial charge is 0.340 e. The maximum Gasteiger partial charge on any atom is 0.340 e. The van der Waals surface area contributed by atoms with Gasteiger partial charge in [-0.3, -0.25) is 0 Å². The summed E-state index contributed by atoms with van der Waals surface area (Å²) in [6, 6.07) is 3.63. The Bertz CT molecular complexity index is 399. The molecular weight excluding hydrogens is 214 g/mol. The van der Waals surface area contributed by atoms with Crippen LogP contribution in [0.3, 0.4) is 0 Å². The fourth-order valence-electron chi connectivity index (χ4n) is 1.61. The van der Waals surface area contributed by atoms with E-state index in [1.165, 1.54) is 0 Å². The van der Waals surface area contributed by atoms with E-state index in [0.717, 1.165) is 30.4 Å². The summed E-state index contributed by atoms with van der Waals surface area (Å²) >= 11 is 0. The topological polar surface area (TPSA) is 52.3 Å². The molecule has 1 rings (SSSR count). The molecule has 0 aliphatic heterocycles. The molecule has 0 spiro atoms. The third-order valence-electron chi connectivity index (χ3n) is 2.99. The molecule has 0 saturated heterocycles. The number of hydrogen-bond acceptors (Lipinski definition) is 3. The minimum Gasteiger partial charge on any atom is -0.462 e. The molecule has 0 aliphatic rings. The van der Waals surface area contributed by atoms with Gasteiger partial charge in [0.1, 0.15) is 0 Å². The molecule has 0 radical (unpaired) electrons. The highest BCUT2D eigenvalue weighted by Gasteiger charge is 2.13. The van der Waals surface area contributed by atoms with Crippen LogP contribution >= 0.6 is 0 Å². The Labute approximate surface area is 103 Å². The Morgan fingerprint density at radius 1 is 1.29 bits per heavy atom. The molecule has 0 bridgehead atoms. The van der Waals surface area contributed by atoms with Gasteiger partial charge in [-0.05, 0) is 37.5 Å². The van der Waals surface area contributed by atoms with Gasteiger partial charge in [-0.2, -0.15) is 0 Å². The predicted molar refractivity (Wildman–Crippen MR) is 70.1 cm³/mol. The van der Waals surface area contributed by atoms with Crippen LogP contribution in [0.4, 0.5) is 5.69 Å². The average Bonchev–Trinajstić information content (AvgIpc) is 2.31. The van der Waals surface area contributed by atoms with Crippen molar-refractivity contribution in [3.05, 3.63) is 28.8 Å². The fraction of sp³-hybridized carbons (Fsp3) is 0.500. The van der Waals surface area contributed by atoms with Crippen molar-refractivity contribution in [2.75, 3.05) is 12.3 Å². The zero-order valence-corrected chi connectivity index (χ0v) is 10.9. The maximum absolute atomic E-state index is 11.8. The number of aryl methyl sites for hydroxylation is 1. The van der Waals surface area contributed by atoms with E-state index in [2.05, 4.69) is 6.92 Å². The molecule has 0 heterocycles. The molecule has 0 amide bonds. The standard InChI is InChI=1S/C14H21NO2/c1-4-5-6-9-17-14(16)12-8-7-10(2)11(3)13(12)15/h7-8H,4-6,9,15H2,1-3H3. The van der Waals surface area contributed by atoms with Crippen LogP contribution in [0.25, 0.3) is 0 Å². The van der Waals surface area contributed by atoms with E-state index in [4.69, 9.17) is 10.5 Å². The van der Waals surface area contributed by atoms with Gasteiger partial charge in [0.2, 0.25) is 0 Å². The number of unbranched alkanes of at least 4 members (excludes halogenated alkanes) is 2. The minimum atomic E-state index is -0.318. The third kappa shape index (κ3) is 3.48. The number of hydrogen-bond donors (Lipinski definition) is 1. The number of ether oxygens (including phenoxy) is 1. The van der Waals surface area contributed by atoms with Gasteiger partial charge in [0.15, 0.2) is 0 Å². The molecule has 1 aromatic rings. The van der Waals surface area contributed by atoms with Crippen LogP contribution in [0.5, 0.6) is 0 Å². The van der Waals surface area contributed by atoms with E-state index in [-0.39, 0.29) is 5.97 Å². The lowest BCUT2D eigenvalue weighted by atomic mass is 10.0.